The summed E-state index contributed by atoms with van der Waals surface area (Å²) in [5, 5.41) is 7.94. The van der Waals surface area contributed by atoms with Gasteiger partial charge in [0, 0.05) is 42.1 Å². The van der Waals surface area contributed by atoms with Crippen molar-refractivity contribution in [2.45, 2.75) is 32.7 Å². The lowest BCUT2D eigenvalue weighted by atomic mass is 10.1. The maximum atomic E-state index is 10.1. The van der Waals surface area contributed by atoms with Crippen LogP contribution >= 0.6 is 15.9 Å². The fourth-order valence-corrected chi connectivity index (χ4v) is 3.81. The number of nitrogens with zero attached hydrogens (tertiary/aromatic N) is 5. The van der Waals surface area contributed by atoms with Crippen LogP contribution in [-0.2, 0) is 16.1 Å². The van der Waals surface area contributed by atoms with E-state index in [4.69, 9.17) is 15.6 Å². The van der Waals surface area contributed by atoms with Crippen LogP contribution < -0.4 is 25.5 Å². The predicted molar refractivity (Wildman–Crippen MR) is 129 cm³/mol. The maximum absolute atomic E-state index is 10.1. The summed E-state index contributed by atoms with van der Waals surface area (Å²) in [4.78, 5) is 22.5. The molecule has 0 atom stereocenters. The van der Waals surface area contributed by atoms with Gasteiger partial charge in [-0.1, -0.05) is 0 Å². The van der Waals surface area contributed by atoms with Gasteiger partial charge >= 0.3 is 5.97 Å². The van der Waals surface area contributed by atoms with Crippen LogP contribution in [0.25, 0.3) is 5.65 Å². The number of hydrogen-bond acceptors (Lipinski definition) is 8. The van der Waals surface area contributed by atoms with Gasteiger partial charge in [0.25, 0.3) is 0 Å². The molecule has 1 aliphatic rings. The highest BCUT2D eigenvalue weighted by molar-refractivity contribution is 9.10. The number of nitrogens with one attached hydrogen (secondary N) is 1. The minimum absolute atomic E-state index is 0.0200. The number of hydrogen-bond donors (Lipinski definition) is 2. The standard InChI is InChI=1S/C18H22BrN6O.C4H9NO2/c1-26-24-9-5-6-14(13-24)11-20-16-10-17(23-7-3-2-4-8-23)22-18-15(19)12-21-25(16)18;1-2-7-4(6)3-5/h5-6,9-10,12-13,20H,2-4,7-8,11H2,1H3;2-3,5H2,1H3/q+1;. The minimum Gasteiger partial charge on any atom is -0.465 e. The molecule has 3 aromatic rings. The molecular weight excluding hydrogens is 490 g/mol. The van der Waals surface area contributed by atoms with E-state index >= 15 is 0 Å². The van der Waals surface area contributed by atoms with Gasteiger partial charge in [-0.25, -0.2) is 4.98 Å². The Kier molecular flexibility index (Phi) is 9.25. The van der Waals surface area contributed by atoms with Crippen LogP contribution in [0.4, 0.5) is 11.6 Å². The zero-order valence-electron chi connectivity index (χ0n) is 19.0. The van der Waals surface area contributed by atoms with Crippen LogP contribution in [0.1, 0.15) is 31.7 Å². The molecule has 4 rings (SSSR count). The Bertz CT molecular complexity index is 1050. The Hall–Kier alpha value is -2.92. The molecule has 33 heavy (non-hydrogen) atoms. The highest BCUT2D eigenvalue weighted by atomic mass is 79.9. The van der Waals surface area contributed by atoms with Crippen molar-refractivity contribution in [2.24, 2.45) is 5.73 Å². The molecule has 1 aliphatic heterocycles. The van der Waals surface area contributed by atoms with Crippen molar-refractivity contribution >= 4 is 39.2 Å². The lowest BCUT2D eigenvalue weighted by Crippen LogP contribution is -2.40. The number of pyridine rings is 1. The average Bonchev–Trinajstić information content (AvgIpc) is 3.24. The monoisotopic (exact) mass is 520 g/mol. The molecule has 0 saturated carbocycles. The van der Waals surface area contributed by atoms with E-state index in [1.807, 2.05) is 23.0 Å². The average molecular weight is 521 g/mol. The fraction of sp³-hybridized carbons (Fsp3) is 0.455. The molecule has 1 saturated heterocycles. The van der Waals surface area contributed by atoms with E-state index in [1.165, 1.54) is 19.3 Å². The summed E-state index contributed by atoms with van der Waals surface area (Å²) in [6.07, 6.45) is 9.35. The first-order chi connectivity index (χ1) is 16.0. The first-order valence-corrected chi connectivity index (χ1v) is 11.8. The molecule has 0 radical (unpaired) electrons. The number of carbonyl (C=O) groups is 1. The molecule has 178 valence electrons. The molecule has 0 spiro atoms. The van der Waals surface area contributed by atoms with Gasteiger partial charge in [0.2, 0.25) is 12.4 Å². The van der Waals surface area contributed by atoms with Crippen LogP contribution in [0.15, 0.2) is 41.3 Å². The van der Waals surface area contributed by atoms with Crippen LogP contribution in [0, 0.1) is 0 Å². The molecular formula is C22H31BrN7O3+. The van der Waals surface area contributed by atoms with E-state index < -0.39 is 0 Å². The lowest BCUT2D eigenvalue weighted by Gasteiger charge is -2.28. The number of piperidine rings is 1. The van der Waals surface area contributed by atoms with Gasteiger partial charge in [-0.3, -0.25) is 9.63 Å². The SMILES string of the molecule is CCOC(=O)CN.CO[n+]1cccc(CNc2cc(N3CCCCC3)nc3c(Br)cnn23)c1. The number of ether oxygens (including phenoxy) is 1. The molecule has 0 unspecified atom stereocenters. The summed E-state index contributed by atoms with van der Waals surface area (Å²) < 4.78 is 8.85. The van der Waals surface area contributed by atoms with Crippen LogP contribution in [0.2, 0.25) is 0 Å². The molecule has 0 aliphatic carbocycles. The Balaban J connectivity index is 0.000000383. The normalized spacial score (nSPS) is 13.3. The fourth-order valence-electron chi connectivity index (χ4n) is 3.47. The topological polar surface area (TPSA) is 111 Å². The quantitative estimate of drug-likeness (QED) is 0.359. The Labute approximate surface area is 201 Å². The molecule has 10 nitrogen and oxygen atoms in total. The highest BCUT2D eigenvalue weighted by Gasteiger charge is 2.17. The Morgan fingerprint density at radius 1 is 1.33 bits per heavy atom. The number of fused-ring (bicyclic) bond motifs is 1. The minimum atomic E-state index is -0.345. The number of aromatic nitrogens is 4. The summed E-state index contributed by atoms with van der Waals surface area (Å²) in [6.45, 7) is 4.92. The van der Waals surface area contributed by atoms with Crippen LogP contribution in [0.3, 0.4) is 0 Å². The van der Waals surface area contributed by atoms with Crippen molar-refractivity contribution in [3.8, 4) is 0 Å². The van der Waals surface area contributed by atoms with E-state index in [0.717, 1.165) is 40.4 Å². The Morgan fingerprint density at radius 3 is 2.79 bits per heavy atom. The smallest absolute Gasteiger partial charge is 0.319 e. The Morgan fingerprint density at radius 2 is 2.12 bits per heavy atom. The molecule has 0 bridgehead atoms. The van der Waals surface area contributed by atoms with E-state index in [0.29, 0.717) is 13.2 Å². The lowest BCUT2D eigenvalue weighted by molar-refractivity contribution is -0.885. The van der Waals surface area contributed by atoms with Crippen molar-refractivity contribution in [1.29, 1.82) is 0 Å². The number of anilines is 2. The van der Waals surface area contributed by atoms with Gasteiger partial charge in [0.15, 0.2) is 5.65 Å². The summed E-state index contributed by atoms with van der Waals surface area (Å²) in [5.41, 5.74) is 6.83. The first kappa shape index (κ1) is 24.7. The largest absolute Gasteiger partial charge is 0.465 e. The number of halogens is 1. The van der Waals surface area contributed by atoms with E-state index in [2.05, 4.69) is 48.1 Å². The second-order valence-electron chi connectivity index (χ2n) is 7.39. The molecule has 3 aromatic heterocycles. The summed E-state index contributed by atoms with van der Waals surface area (Å²) in [7, 11) is 1.65. The third kappa shape index (κ3) is 6.78. The van der Waals surface area contributed by atoms with Crippen LogP contribution in [0.5, 0.6) is 0 Å². The van der Waals surface area contributed by atoms with Crippen molar-refractivity contribution < 1.29 is 19.1 Å². The zero-order valence-corrected chi connectivity index (χ0v) is 20.6. The summed E-state index contributed by atoms with van der Waals surface area (Å²) >= 11 is 3.56. The van der Waals surface area contributed by atoms with Gasteiger partial charge in [-0.2, -0.15) is 9.61 Å². The van der Waals surface area contributed by atoms with Gasteiger partial charge in [0.1, 0.15) is 18.7 Å². The van der Waals surface area contributed by atoms with Crippen molar-refractivity contribution in [3.05, 3.63) is 46.8 Å². The zero-order chi connectivity index (χ0) is 23.6. The molecule has 1 fully saturated rings. The second-order valence-corrected chi connectivity index (χ2v) is 8.25. The van der Waals surface area contributed by atoms with Crippen LogP contribution in [-0.4, -0.2) is 53.9 Å². The van der Waals surface area contributed by atoms with Gasteiger partial charge in [-0.15, -0.1) is 0 Å². The predicted octanol–water partition coefficient (Wildman–Crippen LogP) is 1.95. The third-order valence-electron chi connectivity index (χ3n) is 5.09. The third-order valence-corrected chi connectivity index (χ3v) is 5.65. The molecule has 4 heterocycles. The van der Waals surface area contributed by atoms with Crippen molar-refractivity contribution in [2.75, 3.05) is 43.6 Å². The first-order valence-electron chi connectivity index (χ1n) is 11.0. The number of nitrogens with two attached hydrogens (primary N) is 1. The van der Waals surface area contributed by atoms with Crippen molar-refractivity contribution in [1.82, 2.24) is 14.6 Å². The number of carbonyl (C=O) groups excluding carboxylic acids is 1. The maximum Gasteiger partial charge on any atom is 0.319 e. The second kappa shape index (κ2) is 12.4. The molecule has 11 heteroatoms. The van der Waals surface area contributed by atoms with E-state index in [9.17, 15) is 4.79 Å². The number of esters is 1. The van der Waals surface area contributed by atoms with Gasteiger partial charge < -0.3 is 20.7 Å². The van der Waals surface area contributed by atoms with Gasteiger partial charge in [0.05, 0.1) is 23.8 Å². The van der Waals surface area contributed by atoms with E-state index in [-0.39, 0.29) is 12.5 Å². The molecule has 0 aromatic carbocycles. The van der Waals surface area contributed by atoms with E-state index in [1.54, 1.807) is 25.0 Å². The number of rotatable bonds is 7. The summed E-state index contributed by atoms with van der Waals surface area (Å²) in [5.74, 6) is 1.58. The van der Waals surface area contributed by atoms with Crippen molar-refractivity contribution in [3.63, 3.8) is 0 Å². The van der Waals surface area contributed by atoms with Gasteiger partial charge in [-0.05, 0) is 48.2 Å². The highest BCUT2D eigenvalue weighted by Crippen LogP contribution is 2.26. The summed E-state index contributed by atoms with van der Waals surface area (Å²) in [6, 6.07) is 6.11. The molecule has 0 amide bonds. The molecule has 3 N–H and O–H groups in total.